The van der Waals surface area contributed by atoms with Crippen molar-refractivity contribution in [1.29, 1.82) is 0 Å². The second kappa shape index (κ2) is 3.46. The van der Waals surface area contributed by atoms with Crippen LogP contribution in [0.25, 0.3) is 21.9 Å². The molecule has 0 saturated carbocycles. The zero-order valence-electron chi connectivity index (χ0n) is 9.69. The fraction of sp³-hybridized carbons (Fsp3) is 0.0769. The van der Waals surface area contributed by atoms with Crippen LogP contribution in [0, 0.1) is 6.92 Å². The topological polar surface area (TPSA) is 92.0 Å². The van der Waals surface area contributed by atoms with E-state index in [4.69, 9.17) is 10.8 Å². The quantitative estimate of drug-likeness (QED) is 0.570. The second-order valence-corrected chi connectivity index (χ2v) is 4.33. The molecular formula is C13H11N3O2. The van der Waals surface area contributed by atoms with E-state index in [1.165, 1.54) is 6.07 Å². The smallest absolute Gasteiger partial charge is 0.335 e. The summed E-state index contributed by atoms with van der Waals surface area (Å²) in [6, 6.07) is 5.03. The molecule has 0 aliphatic carbocycles. The molecule has 18 heavy (non-hydrogen) atoms. The van der Waals surface area contributed by atoms with Crippen molar-refractivity contribution in [1.82, 2.24) is 9.97 Å². The van der Waals surface area contributed by atoms with Crippen LogP contribution in [-0.4, -0.2) is 21.0 Å². The van der Waals surface area contributed by atoms with Gasteiger partial charge in [0.25, 0.3) is 0 Å². The van der Waals surface area contributed by atoms with E-state index in [1.807, 2.05) is 13.0 Å². The van der Waals surface area contributed by atoms with Crippen LogP contribution >= 0.6 is 0 Å². The maximum absolute atomic E-state index is 11.0. The molecule has 0 atom stereocenters. The molecule has 3 rings (SSSR count). The van der Waals surface area contributed by atoms with E-state index in [0.717, 1.165) is 16.3 Å². The summed E-state index contributed by atoms with van der Waals surface area (Å²) in [4.78, 5) is 18.3. The van der Waals surface area contributed by atoms with Crippen molar-refractivity contribution < 1.29 is 9.90 Å². The van der Waals surface area contributed by atoms with Gasteiger partial charge in [0.1, 0.15) is 5.65 Å². The molecular weight excluding hydrogens is 230 g/mol. The van der Waals surface area contributed by atoms with Crippen molar-refractivity contribution >= 4 is 33.6 Å². The number of hydrogen-bond acceptors (Lipinski definition) is 3. The fourth-order valence-corrected chi connectivity index (χ4v) is 2.17. The predicted molar refractivity (Wildman–Crippen MR) is 69.7 cm³/mol. The molecule has 0 radical (unpaired) electrons. The Balaban J connectivity index is 2.47. The van der Waals surface area contributed by atoms with Gasteiger partial charge in [0.15, 0.2) is 0 Å². The number of aromatic amines is 1. The molecule has 0 spiro atoms. The van der Waals surface area contributed by atoms with Gasteiger partial charge in [-0.2, -0.15) is 0 Å². The number of nitrogens with zero attached hydrogens (tertiary/aromatic N) is 1. The lowest BCUT2D eigenvalue weighted by atomic mass is 10.1. The molecule has 4 N–H and O–H groups in total. The maximum Gasteiger partial charge on any atom is 0.335 e. The molecule has 1 aromatic carbocycles. The highest BCUT2D eigenvalue weighted by Gasteiger charge is 2.12. The standard InChI is InChI=1S/C13H11N3O2/c1-6-2-8-11-9(14)3-7(13(17)18)4-10(11)16-12(8)15-5-6/h2-5H,14H2,1H3,(H,15,16)(H,17,18). The molecule has 0 amide bonds. The summed E-state index contributed by atoms with van der Waals surface area (Å²) < 4.78 is 0. The summed E-state index contributed by atoms with van der Waals surface area (Å²) in [5.41, 5.74) is 9.00. The van der Waals surface area contributed by atoms with Crippen LogP contribution in [0.2, 0.25) is 0 Å². The first-order valence-corrected chi connectivity index (χ1v) is 5.47. The third-order valence-electron chi connectivity index (χ3n) is 2.96. The van der Waals surface area contributed by atoms with Crippen LogP contribution in [0.15, 0.2) is 24.4 Å². The van der Waals surface area contributed by atoms with Crippen LogP contribution in [0.3, 0.4) is 0 Å². The summed E-state index contributed by atoms with van der Waals surface area (Å²) in [5.74, 6) is -0.994. The number of nitrogens with one attached hydrogen (secondary N) is 1. The Bertz CT molecular complexity index is 790. The molecule has 0 aliphatic rings. The van der Waals surface area contributed by atoms with Gasteiger partial charge in [0.05, 0.1) is 11.1 Å². The lowest BCUT2D eigenvalue weighted by molar-refractivity contribution is 0.0697. The van der Waals surface area contributed by atoms with E-state index in [-0.39, 0.29) is 5.56 Å². The minimum absolute atomic E-state index is 0.170. The van der Waals surface area contributed by atoms with Crippen LogP contribution in [0.1, 0.15) is 15.9 Å². The summed E-state index contributed by atoms with van der Waals surface area (Å²) in [6.07, 6.45) is 1.76. The number of benzene rings is 1. The second-order valence-electron chi connectivity index (χ2n) is 4.33. The van der Waals surface area contributed by atoms with Crippen molar-refractivity contribution in [3.8, 4) is 0 Å². The van der Waals surface area contributed by atoms with Gasteiger partial charge in [-0.1, -0.05) is 0 Å². The van der Waals surface area contributed by atoms with Gasteiger partial charge in [-0.3, -0.25) is 0 Å². The van der Waals surface area contributed by atoms with Gasteiger partial charge in [-0.15, -0.1) is 0 Å². The van der Waals surface area contributed by atoms with E-state index in [2.05, 4.69) is 9.97 Å². The average Bonchev–Trinajstić information content (AvgIpc) is 2.66. The summed E-state index contributed by atoms with van der Waals surface area (Å²) in [6.45, 7) is 1.95. The molecule has 2 heterocycles. The Labute approximate surface area is 102 Å². The van der Waals surface area contributed by atoms with Crippen LogP contribution in [0.5, 0.6) is 0 Å². The minimum Gasteiger partial charge on any atom is -0.478 e. The number of carboxylic acids is 1. The number of nitrogens with two attached hydrogens (primary N) is 1. The third kappa shape index (κ3) is 1.41. The van der Waals surface area contributed by atoms with Gasteiger partial charge in [0, 0.05) is 22.7 Å². The number of hydrogen-bond donors (Lipinski definition) is 3. The van der Waals surface area contributed by atoms with Crippen molar-refractivity contribution in [3.05, 3.63) is 35.5 Å². The number of carboxylic acid groups (broad SMARTS) is 1. The number of aryl methyl sites for hydroxylation is 1. The number of rotatable bonds is 1. The summed E-state index contributed by atoms with van der Waals surface area (Å²) in [7, 11) is 0. The monoisotopic (exact) mass is 241 g/mol. The van der Waals surface area contributed by atoms with Crippen LogP contribution in [0.4, 0.5) is 5.69 Å². The number of anilines is 1. The Morgan fingerprint density at radius 1 is 1.39 bits per heavy atom. The Hall–Kier alpha value is -2.56. The zero-order chi connectivity index (χ0) is 12.9. The van der Waals surface area contributed by atoms with Crippen LogP contribution < -0.4 is 5.73 Å². The van der Waals surface area contributed by atoms with Crippen molar-refractivity contribution in [2.75, 3.05) is 5.73 Å². The highest BCUT2D eigenvalue weighted by Crippen LogP contribution is 2.30. The van der Waals surface area contributed by atoms with Crippen LogP contribution in [-0.2, 0) is 0 Å². The van der Waals surface area contributed by atoms with Gasteiger partial charge >= 0.3 is 5.97 Å². The molecule has 5 nitrogen and oxygen atoms in total. The zero-order valence-corrected chi connectivity index (χ0v) is 9.69. The number of nitrogen functional groups attached to an aromatic ring is 1. The minimum atomic E-state index is -0.994. The number of H-pyrrole nitrogens is 1. The van der Waals surface area contributed by atoms with Gasteiger partial charge in [-0.05, 0) is 30.7 Å². The average molecular weight is 241 g/mol. The SMILES string of the molecule is Cc1cnc2[nH]c3cc(C(=O)O)cc(N)c3c2c1. The lowest BCUT2D eigenvalue weighted by Gasteiger charge is -2.00. The summed E-state index contributed by atoms with van der Waals surface area (Å²) >= 11 is 0. The molecule has 3 aromatic rings. The highest BCUT2D eigenvalue weighted by atomic mass is 16.4. The number of aromatic carboxylic acids is 1. The largest absolute Gasteiger partial charge is 0.478 e. The first kappa shape index (κ1) is 10.6. The molecule has 90 valence electrons. The third-order valence-corrected chi connectivity index (χ3v) is 2.96. The maximum atomic E-state index is 11.0. The number of carbonyl (C=O) groups is 1. The number of fused-ring (bicyclic) bond motifs is 3. The van der Waals surface area contributed by atoms with Gasteiger partial charge in [-0.25, -0.2) is 9.78 Å². The normalized spacial score (nSPS) is 11.2. The summed E-state index contributed by atoms with van der Waals surface area (Å²) in [5, 5.41) is 10.7. The van der Waals surface area contributed by atoms with E-state index >= 15 is 0 Å². The van der Waals surface area contributed by atoms with Gasteiger partial charge in [0.2, 0.25) is 0 Å². The van der Waals surface area contributed by atoms with Crippen molar-refractivity contribution in [3.63, 3.8) is 0 Å². The Morgan fingerprint density at radius 2 is 2.17 bits per heavy atom. The van der Waals surface area contributed by atoms with E-state index < -0.39 is 5.97 Å². The molecule has 2 aromatic heterocycles. The molecule has 0 aliphatic heterocycles. The van der Waals surface area contributed by atoms with E-state index in [0.29, 0.717) is 16.9 Å². The molecule has 0 saturated heterocycles. The predicted octanol–water partition coefficient (Wildman–Crippen LogP) is 2.30. The van der Waals surface area contributed by atoms with Crippen molar-refractivity contribution in [2.24, 2.45) is 0 Å². The van der Waals surface area contributed by atoms with E-state index in [1.54, 1.807) is 12.3 Å². The Morgan fingerprint density at radius 3 is 2.89 bits per heavy atom. The van der Waals surface area contributed by atoms with Crippen molar-refractivity contribution in [2.45, 2.75) is 6.92 Å². The fourth-order valence-electron chi connectivity index (χ4n) is 2.17. The first-order valence-electron chi connectivity index (χ1n) is 5.47. The first-order chi connectivity index (χ1) is 8.56. The number of aromatic nitrogens is 2. The molecule has 0 bridgehead atoms. The highest BCUT2D eigenvalue weighted by molar-refractivity contribution is 6.13. The number of pyridine rings is 1. The lowest BCUT2D eigenvalue weighted by Crippen LogP contribution is -1.98. The van der Waals surface area contributed by atoms with Gasteiger partial charge < -0.3 is 15.8 Å². The van der Waals surface area contributed by atoms with E-state index in [9.17, 15) is 4.79 Å². The molecule has 0 unspecified atom stereocenters. The Kier molecular flexibility index (Phi) is 2.04. The molecule has 0 fully saturated rings. The molecule has 5 heteroatoms.